The summed E-state index contributed by atoms with van der Waals surface area (Å²) in [4.78, 5) is 12.3. The lowest BCUT2D eigenvalue weighted by Crippen LogP contribution is -2.25. The van der Waals surface area contributed by atoms with Gasteiger partial charge in [-0.1, -0.05) is 5.16 Å². The predicted molar refractivity (Wildman–Crippen MR) is 59.7 cm³/mol. The van der Waals surface area contributed by atoms with Crippen molar-refractivity contribution in [2.24, 2.45) is 11.7 Å². The van der Waals surface area contributed by atoms with E-state index in [0.717, 1.165) is 0 Å². The van der Waals surface area contributed by atoms with Gasteiger partial charge in [-0.15, -0.1) is 0 Å². The van der Waals surface area contributed by atoms with Crippen LogP contribution in [0.1, 0.15) is 18.7 Å². The number of aromatic nitrogens is 4. The van der Waals surface area contributed by atoms with Crippen LogP contribution in [0.25, 0.3) is 11.5 Å². The average molecular weight is 231 g/mol. The molecule has 2 N–H and O–H groups in total. The Morgan fingerprint density at radius 3 is 3.00 bits per heavy atom. The first-order valence-electron chi connectivity index (χ1n) is 5.67. The average Bonchev–Trinajstić information content (AvgIpc) is 3.12. The van der Waals surface area contributed by atoms with E-state index >= 15 is 0 Å². The van der Waals surface area contributed by atoms with Crippen molar-refractivity contribution in [1.29, 1.82) is 0 Å². The topological polar surface area (TPSA) is 90.7 Å². The normalized spacial score (nSPS) is 17.0. The van der Waals surface area contributed by atoms with Gasteiger partial charge in [0.2, 0.25) is 11.7 Å². The Kier molecular flexibility index (Phi) is 2.56. The van der Waals surface area contributed by atoms with Gasteiger partial charge in [0.05, 0.1) is 6.20 Å². The van der Waals surface area contributed by atoms with Crippen molar-refractivity contribution in [3.8, 4) is 11.5 Å². The third kappa shape index (κ3) is 2.31. The van der Waals surface area contributed by atoms with Crippen LogP contribution < -0.4 is 5.73 Å². The molecule has 1 aliphatic rings. The van der Waals surface area contributed by atoms with Crippen LogP contribution in [0.15, 0.2) is 23.1 Å². The summed E-state index contributed by atoms with van der Waals surface area (Å²) in [6, 6.07) is 0.130. The Labute approximate surface area is 98.3 Å². The summed E-state index contributed by atoms with van der Waals surface area (Å²) in [5.74, 6) is 1.67. The van der Waals surface area contributed by atoms with E-state index in [9.17, 15) is 0 Å². The summed E-state index contributed by atoms with van der Waals surface area (Å²) in [6.45, 7) is 0. The van der Waals surface area contributed by atoms with Gasteiger partial charge in [0, 0.05) is 24.9 Å². The van der Waals surface area contributed by atoms with Crippen LogP contribution in [0.2, 0.25) is 0 Å². The lowest BCUT2D eigenvalue weighted by atomic mass is 10.1. The second-order valence-corrected chi connectivity index (χ2v) is 4.31. The number of rotatable bonds is 4. The second-order valence-electron chi connectivity index (χ2n) is 4.31. The molecule has 6 heteroatoms. The summed E-state index contributed by atoms with van der Waals surface area (Å²) >= 11 is 0. The molecule has 1 unspecified atom stereocenters. The van der Waals surface area contributed by atoms with Crippen LogP contribution in [-0.4, -0.2) is 26.2 Å². The molecule has 1 saturated carbocycles. The first-order valence-corrected chi connectivity index (χ1v) is 5.67. The minimum absolute atomic E-state index is 0.130. The maximum absolute atomic E-state index is 6.00. The van der Waals surface area contributed by atoms with Crippen LogP contribution in [0.3, 0.4) is 0 Å². The fraction of sp³-hybridized carbons (Fsp3) is 0.455. The zero-order valence-corrected chi connectivity index (χ0v) is 9.28. The molecule has 0 aromatic carbocycles. The monoisotopic (exact) mass is 231 g/mol. The van der Waals surface area contributed by atoms with E-state index in [-0.39, 0.29) is 6.04 Å². The summed E-state index contributed by atoms with van der Waals surface area (Å²) in [7, 11) is 0. The lowest BCUT2D eigenvalue weighted by molar-refractivity contribution is 0.363. The highest BCUT2D eigenvalue weighted by molar-refractivity contribution is 5.45. The Balaban J connectivity index is 1.74. The fourth-order valence-electron chi connectivity index (χ4n) is 1.75. The minimum Gasteiger partial charge on any atom is -0.339 e. The molecule has 1 fully saturated rings. The number of nitrogens with zero attached hydrogens (tertiary/aromatic N) is 4. The number of hydrogen-bond acceptors (Lipinski definition) is 6. The second kappa shape index (κ2) is 4.21. The van der Waals surface area contributed by atoms with Crippen LogP contribution in [0.5, 0.6) is 0 Å². The van der Waals surface area contributed by atoms with Gasteiger partial charge >= 0.3 is 0 Å². The van der Waals surface area contributed by atoms with Crippen LogP contribution >= 0.6 is 0 Å². The lowest BCUT2D eigenvalue weighted by Gasteiger charge is -2.04. The molecule has 2 aromatic heterocycles. The minimum atomic E-state index is 0.130. The van der Waals surface area contributed by atoms with Crippen LogP contribution in [0.4, 0.5) is 0 Å². The number of hydrogen-bond donors (Lipinski definition) is 1. The van der Waals surface area contributed by atoms with Gasteiger partial charge < -0.3 is 10.3 Å². The Bertz CT molecular complexity index is 494. The molecule has 0 amide bonds. The van der Waals surface area contributed by atoms with Gasteiger partial charge in [-0.05, 0) is 18.8 Å². The van der Waals surface area contributed by atoms with Gasteiger partial charge in [-0.2, -0.15) is 4.98 Å². The maximum atomic E-state index is 6.00. The highest BCUT2D eigenvalue weighted by Gasteiger charge is 2.29. The summed E-state index contributed by atoms with van der Waals surface area (Å²) in [5.41, 5.74) is 6.62. The molecule has 88 valence electrons. The highest BCUT2D eigenvalue weighted by Crippen LogP contribution is 2.32. The quantitative estimate of drug-likeness (QED) is 0.837. The molecular formula is C11H13N5O. The third-order valence-electron chi connectivity index (χ3n) is 2.90. The first kappa shape index (κ1) is 10.3. The molecule has 3 rings (SSSR count). The first-order chi connectivity index (χ1) is 8.33. The molecule has 0 radical (unpaired) electrons. The number of nitrogens with two attached hydrogens (primary N) is 1. The standard InChI is InChI=1S/C11H13N5O/c12-8(7-1-2-7)5-10-15-11(16-17-10)9-6-13-3-4-14-9/h3-4,6-8H,1-2,5,12H2. The largest absolute Gasteiger partial charge is 0.339 e. The van der Waals surface area contributed by atoms with Crippen molar-refractivity contribution in [2.45, 2.75) is 25.3 Å². The molecule has 2 heterocycles. The zero-order valence-electron chi connectivity index (χ0n) is 9.28. The van der Waals surface area contributed by atoms with E-state index in [1.54, 1.807) is 18.6 Å². The molecule has 2 aromatic rings. The van der Waals surface area contributed by atoms with Crippen molar-refractivity contribution in [2.75, 3.05) is 0 Å². The SMILES string of the molecule is NC(Cc1nc(-c2cnccn2)no1)C1CC1. The van der Waals surface area contributed by atoms with Gasteiger partial charge in [0.1, 0.15) is 5.69 Å². The van der Waals surface area contributed by atoms with Gasteiger partial charge in [-0.25, -0.2) is 4.98 Å². The molecule has 17 heavy (non-hydrogen) atoms. The van der Waals surface area contributed by atoms with E-state index < -0.39 is 0 Å². The third-order valence-corrected chi connectivity index (χ3v) is 2.90. The molecule has 6 nitrogen and oxygen atoms in total. The Morgan fingerprint density at radius 2 is 2.29 bits per heavy atom. The van der Waals surface area contributed by atoms with Gasteiger partial charge in [-0.3, -0.25) is 4.98 Å². The summed E-state index contributed by atoms with van der Waals surface area (Å²) in [6.07, 6.45) is 7.88. The van der Waals surface area contributed by atoms with Crippen molar-refractivity contribution in [1.82, 2.24) is 20.1 Å². The van der Waals surface area contributed by atoms with Gasteiger partial charge in [0.15, 0.2) is 0 Å². The summed E-state index contributed by atoms with van der Waals surface area (Å²) < 4.78 is 5.16. The molecular weight excluding hydrogens is 218 g/mol. The van der Waals surface area contributed by atoms with E-state index in [0.29, 0.717) is 29.7 Å². The molecule has 0 bridgehead atoms. The Hall–Kier alpha value is -1.82. The molecule has 0 saturated heterocycles. The predicted octanol–water partition coefficient (Wildman–Crippen LogP) is 0.806. The molecule has 1 atom stereocenters. The highest BCUT2D eigenvalue weighted by atomic mass is 16.5. The van der Waals surface area contributed by atoms with Gasteiger partial charge in [0.25, 0.3) is 0 Å². The smallest absolute Gasteiger partial charge is 0.228 e. The van der Waals surface area contributed by atoms with Crippen molar-refractivity contribution < 1.29 is 4.52 Å². The van der Waals surface area contributed by atoms with Crippen LogP contribution in [0, 0.1) is 5.92 Å². The fourth-order valence-corrected chi connectivity index (χ4v) is 1.75. The van der Waals surface area contributed by atoms with Crippen LogP contribution in [-0.2, 0) is 6.42 Å². The zero-order chi connectivity index (χ0) is 11.7. The Morgan fingerprint density at radius 1 is 1.41 bits per heavy atom. The maximum Gasteiger partial charge on any atom is 0.228 e. The van der Waals surface area contributed by atoms with Crippen molar-refractivity contribution in [3.63, 3.8) is 0 Å². The molecule has 0 aliphatic heterocycles. The van der Waals surface area contributed by atoms with E-state index in [2.05, 4.69) is 20.1 Å². The molecule has 0 spiro atoms. The van der Waals surface area contributed by atoms with E-state index in [1.165, 1.54) is 12.8 Å². The summed E-state index contributed by atoms with van der Waals surface area (Å²) in [5, 5.41) is 3.88. The van der Waals surface area contributed by atoms with Crippen molar-refractivity contribution in [3.05, 3.63) is 24.5 Å². The molecule has 1 aliphatic carbocycles. The van der Waals surface area contributed by atoms with Crippen molar-refractivity contribution >= 4 is 0 Å². The van der Waals surface area contributed by atoms with E-state index in [4.69, 9.17) is 10.3 Å². The van der Waals surface area contributed by atoms with E-state index in [1.807, 2.05) is 0 Å².